The second-order valence-corrected chi connectivity index (χ2v) is 13.4. The molecule has 0 saturated heterocycles. The Morgan fingerprint density at radius 2 is 1.52 bits per heavy atom. The van der Waals surface area contributed by atoms with E-state index in [1.807, 2.05) is 36.4 Å². The summed E-state index contributed by atoms with van der Waals surface area (Å²) in [4.78, 5) is 0. The van der Waals surface area contributed by atoms with Gasteiger partial charge in [0.2, 0.25) is 0 Å². The molecule has 1 aliphatic rings. The average molecular weight is 443 g/mol. The SMILES string of the molecule is CC(C)(C)[Si](OC[C@H]1O[C@H](CC(O)CO)C=C[C@@H]1O)(c1ccccc1)c1ccccc1. The molecule has 0 amide bonds. The summed E-state index contributed by atoms with van der Waals surface area (Å²) in [5.74, 6) is 0. The Hall–Kier alpha value is -1.80. The van der Waals surface area contributed by atoms with Crippen molar-refractivity contribution in [1.82, 2.24) is 0 Å². The zero-order chi connectivity index (χ0) is 22.5. The topological polar surface area (TPSA) is 79.2 Å². The minimum Gasteiger partial charge on any atom is -0.405 e. The first-order valence-corrected chi connectivity index (χ1v) is 12.7. The van der Waals surface area contributed by atoms with Gasteiger partial charge in [-0.05, 0) is 15.4 Å². The van der Waals surface area contributed by atoms with E-state index in [9.17, 15) is 10.2 Å². The van der Waals surface area contributed by atoms with Gasteiger partial charge >= 0.3 is 0 Å². The van der Waals surface area contributed by atoms with Gasteiger partial charge in [-0.25, -0.2) is 0 Å². The second-order valence-electron chi connectivity index (χ2n) is 9.13. The number of aliphatic hydroxyl groups excluding tert-OH is 3. The van der Waals surface area contributed by atoms with Crippen LogP contribution in [0.2, 0.25) is 5.04 Å². The van der Waals surface area contributed by atoms with Gasteiger partial charge in [-0.3, -0.25) is 0 Å². The molecule has 0 fully saturated rings. The number of hydrogen-bond acceptors (Lipinski definition) is 5. The molecule has 1 heterocycles. The van der Waals surface area contributed by atoms with Crippen molar-refractivity contribution < 1.29 is 24.5 Å². The zero-order valence-electron chi connectivity index (χ0n) is 18.5. The van der Waals surface area contributed by atoms with E-state index in [1.165, 1.54) is 10.4 Å². The largest absolute Gasteiger partial charge is 0.405 e. The fourth-order valence-electron chi connectivity index (χ4n) is 4.30. The number of benzene rings is 2. The van der Waals surface area contributed by atoms with E-state index in [1.54, 1.807) is 12.2 Å². The molecule has 3 rings (SSSR count). The third-order valence-corrected chi connectivity index (χ3v) is 10.9. The van der Waals surface area contributed by atoms with Gasteiger partial charge in [0.25, 0.3) is 8.32 Å². The molecule has 0 saturated carbocycles. The lowest BCUT2D eigenvalue weighted by molar-refractivity contribution is -0.0892. The van der Waals surface area contributed by atoms with Gasteiger partial charge in [0, 0.05) is 6.42 Å². The molecule has 3 N–H and O–H groups in total. The number of hydrogen-bond donors (Lipinski definition) is 3. The van der Waals surface area contributed by atoms with E-state index in [-0.39, 0.29) is 30.8 Å². The molecule has 2 aromatic rings. The minimum absolute atomic E-state index is 0.169. The van der Waals surface area contributed by atoms with Crippen molar-refractivity contribution >= 4 is 18.7 Å². The molecule has 31 heavy (non-hydrogen) atoms. The number of rotatable bonds is 8. The molecule has 0 bridgehead atoms. The van der Waals surface area contributed by atoms with Crippen molar-refractivity contribution in [2.24, 2.45) is 0 Å². The smallest absolute Gasteiger partial charge is 0.261 e. The lowest BCUT2D eigenvalue weighted by Crippen LogP contribution is -2.67. The van der Waals surface area contributed by atoms with Crippen LogP contribution in [0.1, 0.15) is 27.2 Å². The molecule has 0 aromatic heterocycles. The van der Waals surface area contributed by atoms with E-state index < -0.39 is 26.6 Å². The van der Waals surface area contributed by atoms with E-state index in [0.717, 1.165) is 0 Å². The van der Waals surface area contributed by atoms with Crippen molar-refractivity contribution in [2.75, 3.05) is 13.2 Å². The van der Waals surface area contributed by atoms with Crippen LogP contribution in [-0.4, -0.2) is 61.3 Å². The average Bonchev–Trinajstić information content (AvgIpc) is 2.76. The normalized spacial score (nSPS) is 23.0. The molecule has 0 aliphatic carbocycles. The molecule has 1 unspecified atom stereocenters. The Kier molecular flexibility index (Phi) is 7.86. The molecule has 0 radical (unpaired) electrons. The van der Waals surface area contributed by atoms with E-state index in [2.05, 4.69) is 45.0 Å². The van der Waals surface area contributed by atoms with Gasteiger partial charge in [0.15, 0.2) is 0 Å². The first kappa shape index (κ1) is 23.9. The molecule has 4 atom stereocenters. The maximum atomic E-state index is 10.5. The quantitative estimate of drug-likeness (QED) is 0.430. The van der Waals surface area contributed by atoms with Crippen LogP contribution in [0.4, 0.5) is 0 Å². The molecule has 1 aliphatic heterocycles. The molecule has 168 valence electrons. The van der Waals surface area contributed by atoms with Crippen LogP contribution >= 0.6 is 0 Å². The zero-order valence-corrected chi connectivity index (χ0v) is 19.5. The van der Waals surface area contributed by atoms with Gasteiger partial charge in [-0.1, -0.05) is 93.6 Å². The first-order chi connectivity index (χ1) is 14.8. The summed E-state index contributed by atoms with van der Waals surface area (Å²) < 4.78 is 12.9. The summed E-state index contributed by atoms with van der Waals surface area (Å²) >= 11 is 0. The Morgan fingerprint density at radius 1 is 0.968 bits per heavy atom. The van der Waals surface area contributed by atoms with Crippen molar-refractivity contribution in [3.05, 3.63) is 72.8 Å². The Balaban J connectivity index is 1.92. The van der Waals surface area contributed by atoms with Crippen LogP contribution < -0.4 is 10.4 Å². The summed E-state index contributed by atoms with van der Waals surface area (Å²) in [6, 6.07) is 20.7. The Morgan fingerprint density at radius 3 is 2.00 bits per heavy atom. The molecule has 5 nitrogen and oxygen atoms in total. The predicted molar refractivity (Wildman–Crippen MR) is 125 cm³/mol. The monoisotopic (exact) mass is 442 g/mol. The van der Waals surface area contributed by atoms with Crippen LogP contribution in [0.3, 0.4) is 0 Å². The summed E-state index contributed by atoms with van der Waals surface area (Å²) in [7, 11) is -2.73. The van der Waals surface area contributed by atoms with Crippen molar-refractivity contribution in [3.8, 4) is 0 Å². The highest BCUT2D eigenvalue weighted by molar-refractivity contribution is 6.99. The Bertz CT molecular complexity index is 794. The number of aliphatic hydroxyl groups is 3. The van der Waals surface area contributed by atoms with Crippen molar-refractivity contribution in [1.29, 1.82) is 0 Å². The van der Waals surface area contributed by atoms with Gasteiger partial charge in [-0.15, -0.1) is 0 Å². The fraction of sp³-hybridized carbons (Fsp3) is 0.440. The third-order valence-electron chi connectivity index (χ3n) is 5.85. The lowest BCUT2D eigenvalue weighted by Gasteiger charge is -2.44. The molecular weight excluding hydrogens is 408 g/mol. The molecule has 0 spiro atoms. The van der Waals surface area contributed by atoms with Crippen molar-refractivity contribution in [3.63, 3.8) is 0 Å². The first-order valence-electron chi connectivity index (χ1n) is 10.8. The fourth-order valence-corrected chi connectivity index (χ4v) is 8.87. The Labute approximate surface area is 186 Å². The number of ether oxygens (including phenoxy) is 1. The minimum atomic E-state index is -2.73. The van der Waals surface area contributed by atoms with Gasteiger partial charge < -0.3 is 24.5 Å². The van der Waals surface area contributed by atoms with Crippen LogP contribution in [-0.2, 0) is 9.16 Å². The van der Waals surface area contributed by atoms with E-state index in [0.29, 0.717) is 0 Å². The van der Waals surface area contributed by atoms with Gasteiger partial charge in [-0.2, -0.15) is 0 Å². The molecular formula is C25H34O5Si. The van der Waals surface area contributed by atoms with Crippen molar-refractivity contribution in [2.45, 2.75) is 56.6 Å². The summed E-state index contributed by atoms with van der Waals surface area (Å²) in [6.07, 6.45) is 1.13. The highest BCUT2D eigenvalue weighted by Crippen LogP contribution is 2.37. The van der Waals surface area contributed by atoms with Crippen LogP contribution in [0.25, 0.3) is 0 Å². The summed E-state index contributed by atoms with van der Waals surface area (Å²) in [6.45, 7) is 6.52. The predicted octanol–water partition coefficient (Wildman–Crippen LogP) is 1.99. The highest BCUT2D eigenvalue weighted by Gasteiger charge is 2.50. The standard InChI is InChI=1S/C25H34O5Si/c1-25(2,3)31(21-10-6-4-7-11-21,22-12-8-5-9-13-22)29-18-24-23(28)15-14-20(30-24)16-19(27)17-26/h4-15,19-20,23-24,26-28H,16-18H2,1-3H3/t19?,20-,23-,24+/m0/s1. The van der Waals surface area contributed by atoms with Crippen LogP contribution in [0, 0.1) is 0 Å². The van der Waals surface area contributed by atoms with Gasteiger partial charge in [0.1, 0.15) is 12.2 Å². The maximum absolute atomic E-state index is 10.5. The summed E-state index contributed by atoms with van der Waals surface area (Å²) in [5, 5.41) is 31.6. The van der Waals surface area contributed by atoms with E-state index >= 15 is 0 Å². The maximum Gasteiger partial charge on any atom is 0.261 e. The second kappa shape index (κ2) is 10.2. The highest BCUT2D eigenvalue weighted by atomic mass is 28.4. The third kappa shape index (κ3) is 5.34. The molecule has 6 heteroatoms. The van der Waals surface area contributed by atoms with Gasteiger partial charge in [0.05, 0.1) is 25.4 Å². The van der Waals surface area contributed by atoms with E-state index in [4.69, 9.17) is 14.3 Å². The van der Waals surface area contributed by atoms with Crippen LogP contribution in [0.5, 0.6) is 0 Å². The molecule has 2 aromatic carbocycles. The lowest BCUT2D eigenvalue weighted by atomic mass is 10.1. The van der Waals surface area contributed by atoms with Crippen LogP contribution in [0.15, 0.2) is 72.8 Å². The summed E-state index contributed by atoms with van der Waals surface area (Å²) in [5.41, 5.74) is 0.